The molecule has 5 heteroatoms. The van der Waals surface area contributed by atoms with E-state index >= 15 is 0 Å². The van der Waals surface area contributed by atoms with Gasteiger partial charge in [-0.25, -0.2) is 4.79 Å². The van der Waals surface area contributed by atoms with E-state index in [0.717, 1.165) is 38.9 Å². The van der Waals surface area contributed by atoms with Crippen LogP contribution in [0.3, 0.4) is 0 Å². The van der Waals surface area contributed by atoms with Crippen molar-refractivity contribution in [3.63, 3.8) is 0 Å². The standard InChI is InChI=1S/C27H31N3OS/c1-20-11-12-24(32-20)19-29-17-14-23(15-18-29)30-26(22-8-3-2-4-9-22)25-10-6-5-7-21(25)13-16-28-27(30)31/h2-12,23,26H,13-19H2,1H3,(H,28,31). The van der Waals surface area contributed by atoms with Gasteiger partial charge >= 0.3 is 6.03 Å². The average molecular weight is 446 g/mol. The third-order valence-corrected chi connectivity index (χ3v) is 7.76. The maximum Gasteiger partial charge on any atom is 0.318 e. The summed E-state index contributed by atoms with van der Waals surface area (Å²) in [6.45, 7) is 5.92. The van der Waals surface area contributed by atoms with Crippen LogP contribution in [0.2, 0.25) is 0 Å². The molecule has 3 aromatic rings. The van der Waals surface area contributed by atoms with Crippen LogP contribution in [0.15, 0.2) is 66.7 Å². The lowest BCUT2D eigenvalue weighted by molar-refractivity contribution is 0.100. The predicted molar refractivity (Wildman–Crippen MR) is 131 cm³/mol. The van der Waals surface area contributed by atoms with Gasteiger partial charge in [-0.1, -0.05) is 54.6 Å². The largest absolute Gasteiger partial charge is 0.338 e. The molecule has 32 heavy (non-hydrogen) atoms. The number of hydrogen-bond donors (Lipinski definition) is 1. The van der Waals surface area contributed by atoms with Crippen LogP contribution < -0.4 is 5.32 Å². The van der Waals surface area contributed by atoms with Gasteiger partial charge < -0.3 is 10.2 Å². The molecule has 0 aliphatic carbocycles. The Bertz CT molecular complexity index is 1060. The van der Waals surface area contributed by atoms with Gasteiger partial charge in [0.15, 0.2) is 0 Å². The first-order chi connectivity index (χ1) is 15.7. The van der Waals surface area contributed by atoms with Gasteiger partial charge in [-0.15, -0.1) is 11.3 Å². The molecule has 0 radical (unpaired) electrons. The Balaban J connectivity index is 1.42. The second-order valence-corrected chi connectivity index (χ2v) is 10.3. The SMILES string of the molecule is Cc1ccc(CN2CCC(N3C(=O)NCCc4ccccc4C3c3ccccc3)CC2)s1. The number of fused-ring (bicyclic) bond motifs is 1. The van der Waals surface area contributed by atoms with E-state index in [0.29, 0.717) is 6.54 Å². The molecule has 0 spiro atoms. The zero-order valence-electron chi connectivity index (χ0n) is 18.7. The highest BCUT2D eigenvalue weighted by Gasteiger charge is 2.36. The van der Waals surface area contributed by atoms with Crippen LogP contribution in [-0.2, 0) is 13.0 Å². The van der Waals surface area contributed by atoms with Crippen LogP contribution in [0.25, 0.3) is 0 Å². The number of nitrogens with zero attached hydrogens (tertiary/aromatic N) is 2. The van der Waals surface area contributed by atoms with Crippen molar-refractivity contribution in [1.29, 1.82) is 0 Å². The van der Waals surface area contributed by atoms with E-state index in [1.54, 1.807) is 0 Å². The monoisotopic (exact) mass is 445 g/mol. The van der Waals surface area contributed by atoms with E-state index in [4.69, 9.17) is 0 Å². The molecule has 166 valence electrons. The fourth-order valence-corrected chi connectivity index (χ4v) is 6.12. The molecule has 1 aromatic heterocycles. The van der Waals surface area contributed by atoms with Crippen molar-refractivity contribution in [3.8, 4) is 0 Å². The van der Waals surface area contributed by atoms with Crippen molar-refractivity contribution < 1.29 is 4.79 Å². The zero-order chi connectivity index (χ0) is 21.9. The van der Waals surface area contributed by atoms with Crippen molar-refractivity contribution in [2.45, 2.75) is 44.8 Å². The molecule has 3 heterocycles. The zero-order valence-corrected chi connectivity index (χ0v) is 19.5. The second-order valence-electron chi connectivity index (χ2n) is 8.92. The van der Waals surface area contributed by atoms with Gasteiger partial charge in [0.25, 0.3) is 0 Å². The number of amides is 2. The minimum Gasteiger partial charge on any atom is -0.338 e. The topological polar surface area (TPSA) is 35.6 Å². The van der Waals surface area contributed by atoms with Gasteiger partial charge in [-0.05, 0) is 55.0 Å². The molecule has 1 saturated heterocycles. The van der Waals surface area contributed by atoms with Crippen molar-refractivity contribution in [2.75, 3.05) is 19.6 Å². The van der Waals surface area contributed by atoms with Crippen LogP contribution in [-0.4, -0.2) is 41.5 Å². The van der Waals surface area contributed by atoms with Crippen LogP contribution >= 0.6 is 11.3 Å². The molecule has 5 rings (SSSR count). The first kappa shape index (κ1) is 21.2. The van der Waals surface area contributed by atoms with Gasteiger partial charge in [0.2, 0.25) is 0 Å². The first-order valence-corrected chi connectivity index (χ1v) is 12.5. The summed E-state index contributed by atoms with van der Waals surface area (Å²) < 4.78 is 0. The molecular weight excluding hydrogens is 414 g/mol. The fraction of sp³-hybridized carbons (Fsp3) is 0.370. The van der Waals surface area contributed by atoms with Gasteiger partial charge in [-0.3, -0.25) is 4.90 Å². The molecule has 2 aliphatic heterocycles. The predicted octanol–water partition coefficient (Wildman–Crippen LogP) is 5.38. The number of hydrogen-bond acceptors (Lipinski definition) is 3. The lowest BCUT2D eigenvalue weighted by atomic mass is 9.89. The molecular formula is C27H31N3OS. The van der Waals surface area contributed by atoms with Crippen molar-refractivity contribution >= 4 is 17.4 Å². The Hall–Kier alpha value is -2.63. The van der Waals surface area contributed by atoms with Crippen molar-refractivity contribution in [2.24, 2.45) is 0 Å². The smallest absolute Gasteiger partial charge is 0.318 e. The summed E-state index contributed by atoms with van der Waals surface area (Å²) in [5.74, 6) is 0. The summed E-state index contributed by atoms with van der Waals surface area (Å²) in [6, 6.07) is 23.9. The number of nitrogens with one attached hydrogen (secondary N) is 1. The third-order valence-electron chi connectivity index (χ3n) is 6.77. The maximum atomic E-state index is 13.4. The number of urea groups is 1. The van der Waals surface area contributed by atoms with Gasteiger partial charge in [0.1, 0.15) is 0 Å². The summed E-state index contributed by atoms with van der Waals surface area (Å²) in [5.41, 5.74) is 3.79. The van der Waals surface area contributed by atoms with Crippen LogP contribution in [0.5, 0.6) is 0 Å². The summed E-state index contributed by atoms with van der Waals surface area (Å²) in [4.78, 5) is 20.9. The molecule has 1 N–H and O–H groups in total. The first-order valence-electron chi connectivity index (χ1n) is 11.7. The number of carbonyl (C=O) groups excluding carboxylic acids is 1. The maximum absolute atomic E-state index is 13.4. The molecule has 1 unspecified atom stereocenters. The normalized spacial score (nSPS) is 20.3. The number of thiophene rings is 1. The number of carbonyl (C=O) groups is 1. The Morgan fingerprint density at radius 1 is 0.969 bits per heavy atom. The minimum absolute atomic E-state index is 0.0517. The number of aryl methyl sites for hydroxylation is 1. The molecule has 2 aromatic carbocycles. The lowest BCUT2D eigenvalue weighted by Crippen LogP contribution is -2.53. The van der Waals surface area contributed by atoms with Crippen molar-refractivity contribution in [3.05, 3.63) is 93.2 Å². The molecule has 2 amide bonds. The molecule has 0 bridgehead atoms. The summed E-state index contributed by atoms with van der Waals surface area (Å²) >= 11 is 1.89. The lowest BCUT2D eigenvalue weighted by Gasteiger charge is -2.44. The minimum atomic E-state index is -0.0517. The Morgan fingerprint density at radius 2 is 1.72 bits per heavy atom. The fourth-order valence-electron chi connectivity index (χ4n) is 5.19. The van der Waals surface area contributed by atoms with E-state index in [-0.39, 0.29) is 18.1 Å². The van der Waals surface area contributed by atoms with E-state index < -0.39 is 0 Å². The Morgan fingerprint density at radius 3 is 2.47 bits per heavy atom. The summed E-state index contributed by atoms with van der Waals surface area (Å²) in [7, 11) is 0. The molecule has 1 atom stereocenters. The molecule has 1 fully saturated rings. The number of benzene rings is 2. The Kier molecular flexibility index (Phi) is 6.28. The van der Waals surface area contributed by atoms with Gasteiger partial charge in [-0.2, -0.15) is 0 Å². The van der Waals surface area contributed by atoms with Gasteiger partial charge in [0.05, 0.1) is 6.04 Å². The van der Waals surface area contributed by atoms with Crippen molar-refractivity contribution in [1.82, 2.24) is 15.1 Å². The number of rotatable bonds is 4. The van der Waals surface area contributed by atoms with Crippen LogP contribution in [0.1, 0.15) is 45.3 Å². The van der Waals surface area contributed by atoms with Crippen LogP contribution in [0, 0.1) is 6.92 Å². The third kappa shape index (κ3) is 4.45. The second kappa shape index (κ2) is 9.47. The highest BCUT2D eigenvalue weighted by atomic mass is 32.1. The van der Waals surface area contributed by atoms with Gasteiger partial charge in [0, 0.05) is 42.0 Å². The number of piperidine rings is 1. The molecule has 2 aliphatic rings. The highest BCUT2D eigenvalue weighted by molar-refractivity contribution is 7.11. The van der Waals surface area contributed by atoms with E-state index in [1.807, 2.05) is 17.4 Å². The Labute approximate surface area is 194 Å². The van der Waals surface area contributed by atoms with E-state index in [2.05, 4.69) is 82.7 Å². The van der Waals surface area contributed by atoms with Crippen LogP contribution in [0.4, 0.5) is 4.79 Å². The number of likely N-dealkylation sites (tertiary alicyclic amines) is 1. The quantitative estimate of drug-likeness (QED) is 0.585. The highest BCUT2D eigenvalue weighted by Crippen LogP contribution is 2.36. The summed E-state index contributed by atoms with van der Waals surface area (Å²) in [6.07, 6.45) is 2.88. The van der Waals surface area contributed by atoms with E-state index in [1.165, 1.54) is 26.4 Å². The molecule has 4 nitrogen and oxygen atoms in total. The van der Waals surface area contributed by atoms with E-state index in [9.17, 15) is 4.79 Å². The average Bonchev–Trinajstić information content (AvgIpc) is 3.22. The summed E-state index contributed by atoms with van der Waals surface area (Å²) in [5, 5.41) is 3.20. The molecule has 0 saturated carbocycles.